The first-order valence-corrected chi connectivity index (χ1v) is 11.2. The Morgan fingerprint density at radius 2 is 1.59 bits per heavy atom. The van der Waals surface area contributed by atoms with E-state index < -0.39 is 10.0 Å². The van der Waals surface area contributed by atoms with Crippen LogP contribution in [-0.2, 0) is 16.4 Å². The molecule has 0 atom stereocenters. The highest BCUT2D eigenvalue weighted by Gasteiger charge is 2.18. The minimum absolute atomic E-state index is 0.326. The minimum atomic E-state index is -3.44. The van der Waals surface area contributed by atoms with Crippen molar-refractivity contribution in [3.63, 3.8) is 0 Å². The number of benzene rings is 2. The van der Waals surface area contributed by atoms with Gasteiger partial charge < -0.3 is 4.90 Å². The summed E-state index contributed by atoms with van der Waals surface area (Å²) in [6.07, 6.45) is 0.899. The topological polar surface area (TPSA) is 52.7 Å². The van der Waals surface area contributed by atoms with E-state index in [1.54, 1.807) is 12.1 Å². The molecule has 1 fully saturated rings. The van der Waals surface area contributed by atoms with E-state index in [2.05, 4.69) is 21.4 Å². The van der Waals surface area contributed by atoms with Gasteiger partial charge in [-0.2, -0.15) is 0 Å². The van der Waals surface area contributed by atoms with Crippen LogP contribution in [-0.4, -0.2) is 52.6 Å². The zero-order chi connectivity index (χ0) is 19.3. The van der Waals surface area contributed by atoms with Crippen LogP contribution in [0, 0.1) is 0 Å². The number of aryl methyl sites for hydroxylation is 1. The molecule has 3 rings (SSSR count). The normalized spacial score (nSPS) is 15.9. The summed E-state index contributed by atoms with van der Waals surface area (Å²) in [5.41, 5.74) is 2.31. The molecule has 0 amide bonds. The Morgan fingerprint density at radius 1 is 0.963 bits per heavy atom. The van der Waals surface area contributed by atoms with Crippen LogP contribution in [0.2, 0.25) is 5.02 Å². The van der Waals surface area contributed by atoms with Crippen LogP contribution in [0.15, 0.2) is 53.4 Å². The number of anilines is 1. The molecule has 5 nitrogen and oxygen atoms in total. The van der Waals surface area contributed by atoms with Crippen LogP contribution in [0.1, 0.15) is 12.5 Å². The van der Waals surface area contributed by atoms with E-state index in [1.807, 2.05) is 36.4 Å². The number of nitrogens with one attached hydrogen (secondary N) is 1. The Morgan fingerprint density at radius 3 is 2.19 bits per heavy atom. The summed E-state index contributed by atoms with van der Waals surface area (Å²) in [6.45, 7) is 6.85. The molecule has 27 heavy (non-hydrogen) atoms. The van der Waals surface area contributed by atoms with E-state index in [0.29, 0.717) is 18.0 Å². The second-order valence-corrected chi connectivity index (χ2v) is 8.90. The second-order valence-electron chi connectivity index (χ2n) is 6.70. The molecule has 1 heterocycles. The number of hydrogen-bond donors (Lipinski definition) is 1. The summed E-state index contributed by atoms with van der Waals surface area (Å²) in [7, 11) is -3.44. The van der Waals surface area contributed by atoms with Crippen molar-refractivity contribution in [2.24, 2.45) is 0 Å². The van der Waals surface area contributed by atoms with Crippen molar-refractivity contribution < 1.29 is 8.42 Å². The Kier molecular flexibility index (Phi) is 6.76. The van der Waals surface area contributed by atoms with Gasteiger partial charge in [-0.05, 0) is 48.4 Å². The lowest BCUT2D eigenvalue weighted by Gasteiger charge is -2.36. The highest BCUT2D eigenvalue weighted by atomic mass is 35.5. The van der Waals surface area contributed by atoms with Crippen LogP contribution >= 0.6 is 11.6 Å². The summed E-state index contributed by atoms with van der Waals surface area (Å²) in [5.74, 6) is 0. The number of piperazine rings is 1. The molecule has 1 aliphatic rings. The highest BCUT2D eigenvalue weighted by Crippen LogP contribution is 2.19. The molecule has 7 heteroatoms. The fourth-order valence-electron chi connectivity index (χ4n) is 3.21. The molecule has 0 saturated carbocycles. The van der Waals surface area contributed by atoms with Crippen LogP contribution in [0.5, 0.6) is 0 Å². The van der Waals surface area contributed by atoms with E-state index >= 15 is 0 Å². The van der Waals surface area contributed by atoms with Gasteiger partial charge in [0.2, 0.25) is 10.0 Å². The van der Waals surface area contributed by atoms with Gasteiger partial charge in [0.1, 0.15) is 0 Å². The molecule has 146 valence electrons. The van der Waals surface area contributed by atoms with E-state index in [1.165, 1.54) is 5.69 Å². The lowest BCUT2D eigenvalue weighted by molar-refractivity contribution is 0.262. The molecule has 2 aromatic rings. The highest BCUT2D eigenvalue weighted by molar-refractivity contribution is 7.89. The molecular weight excluding hydrogens is 382 g/mol. The van der Waals surface area contributed by atoms with Crippen molar-refractivity contribution in [1.29, 1.82) is 0 Å². The quantitative estimate of drug-likeness (QED) is 0.766. The maximum Gasteiger partial charge on any atom is 0.240 e. The Labute approximate surface area is 167 Å². The summed E-state index contributed by atoms with van der Waals surface area (Å²) in [5, 5.41) is 0.744. The Bertz CT molecular complexity index is 831. The number of rotatable bonds is 7. The molecule has 0 radical (unpaired) electrons. The fraction of sp³-hybridized carbons (Fsp3) is 0.400. The minimum Gasteiger partial charge on any atom is -0.369 e. The van der Waals surface area contributed by atoms with Crippen molar-refractivity contribution in [3.05, 3.63) is 59.1 Å². The summed E-state index contributed by atoms with van der Waals surface area (Å²) in [4.78, 5) is 4.94. The maximum atomic E-state index is 12.4. The first-order chi connectivity index (χ1) is 13.0. The molecule has 0 spiro atoms. The number of nitrogens with zero attached hydrogens (tertiary/aromatic N) is 2. The monoisotopic (exact) mass is 407 g/mol. The standard InChI is InChI=1S/C20H26ClN3O2S/c1-2-17-3-9-20(10-4-17)27(25,26)22-11-12-23-13-15-24(16-14-23)19-7-5-18(21)6-8-19/h3-10,22H,2,11-16H2,1H3. The van der Waals surface area contributed by atoms with E-state index in [4.69, 9.17) is 11.6 Å². The van der Waals surface area contributed by atoms with Crippen molar-refractivity contribution in [3.8, 4) is 0 Å². The molecule has 1 saturated heterocycles. The molecule has 0 aromatic heterocycles. The molecule has 0 unspecified atom stereocenters. The van der Waals surface area contributed by atoms with Crippen molar-refractivity contribution >= 4 is 27.3 Å². The lowest BCUT2D eigenvalue weighted by Crippen LogP contribution is -2.48. The smallest absolute Gasteiger partial charge is 0.240 e. The summed E-state index contributed by atoms with van der Waals surface area (Å²) in [6, 6.07) is 15.0. The lowest BCUT2D eigenvalue weighted by atomic mass is 10.2. The van der Waals surface area contributed by atoms with Crippen molar-refractivity contribution in [1.82, 2.24) is 9.62 Å². The number of hydrogen-bond acceptors (Lipinski definition) is 4. The van der Waals surface area contributed by atoms with Gasteiger partial charge in [0, 0.05) is 50.0 Å². The Balaban J connectivity index is 1.45. The van der Waals surface area contributed by atoms with Gasteiger partial charge in [-0.1, -0.05) is 30.7 Å². The average molecular weight is 408 g/mol. The van der Waals surface area contributed by atoms with Crippen LogP contribution in [0.25, 0.3) is 0 Å². The van der Waals surface area contributed by atoms with Gasteiger partial charge in [-0.15, -0.1) is 0 Å². The molecule has 2 aromatic carbocycles. The SMILES string of the molecule is CCc1ccc(S(=O)(=O)NCCN2CCN(c3ccc(Cl)cc3)CC2)cc1. The summed E-state index contributed by atoms with van der Waals surface area (Å²) < 4.78 is 27.5. The van der Waals surface area contributed by atoms with Gasteiger partial charge >= 0.3 is 0 Å². The first-order valence-electron chi connectivity index (χ1n) is 9.29. The third kappa shape index (κ3) is 5.45. The Hall–Kier alpha value is -1.60. The van der Waals surface area contributed by atoms with E-state index in [9.17, 15) is 8.42 Å². The zero-order valence-electron chi connectivity index (χ0n) is 15.6. The summed E-state index contributed by atoms with van der Waals surface area (Å²) >= 11 is 5.94. The van der Waals surface area contributed by atoms with Crippen LogP contribution < -0.4 is 9.62 Å². The van der Waals surface area contributed by atoms with Gasteiger partial charge in [-0.3, -0.25) is 4.90 Å². The average Bonchev–Trinajstić information content (AvgIpc) is 2.69. The second kappa shape index (κ2) is 9.06. The van der Waals surface area contributed by atoms with Crippen molar-refractivity contribution in [2.45, 2.75) is 18.2 Å². The van der Waals surface area contributed by atoms with Gasteiger partial charge in [0.25, 0.3) is 0 Å². The first kappa shape index (κ1) is 20.1. The fourth-order valence-corrected chi connectivity index (χ4v) is 4.35. The van der Waals surface area contributed by atoms with Crippen LogP contribution in [0.3, 0.4) is 0 Å². The molecule has 1 aliphatic heterocycles. The largest absolute Gasteiger partial charge is 0.369 e. The number of sulfonamides is 1. The van der Waals surface area contributed by atoms with Crippen LogP contribution in [0.4, 0.5) is 5.69 Å². The molecule has 1 N–H and O–H groups in total. The maximum absolute atomic E-state index is 12.4. The van der Waals surface area contributed by atoms with Crippen molar-refractivity contribution in [2.75, 3.05) is 44.2 Å². The molecule has 0 bridgehead atoms. The number of halogens is 1. The predicted molar refractivity (Wildman–Crippen MR) is 111 cm³/mol. The van der Waals surface area contributed by atoms with Gasteiger partial charge in [-0.25, -0.2) is 13.1 Å². The molecular formula is C20H26ClN3O2S. The van der Waals surface area contributed by atoms with Gasteiger partial charge in [0.15, 0.2) is 0 Å². The van der Waals surface area contributed by atoms with E-state index in [-0.39, 0.29) is 0 Å². The zero-order valence-corrected chi connectivity index (χ0v) is 17.1. The van der Waals surface area contributed by atoms with Gasteiger partial charge in [0.05, 0.1) is 4.90 Å². The predicted octanol–water partition coefficient (Wildman–Crippen LogP) is 3.00. The molecule has 0 aliphatic carbocycles. The third-order valence-electron chi connectivity index (χ3n) is 4.93. The third-order valence-corrected chi connectivity index (χ3v) is 6.65. The van der Waals surface area contributed by atoms with E-state index in [0.717, 1.165) is 43.2 Å².